The molecule has 1 atom stereocenters. The van der Waals surface area contributed by atoms with Gasteiger partial charge in [0.05, 0.1) is 10.9 Å². The molecule has 1 aromatic carbocycles. The first-order chi connectivity index (χ1) is 12.4. The van der Waals surface area contributed by atoms with Crippen molar-refractivity contribution in [2.45, 2.75) is 17.9 Å². The lowest BCUT2D eigenvalue weighted by atomic mass is 10.3. The van der Waals surface area contributed by atoms with Crippen LogP contribution in [0.1, 0.15) is 17.8 Å². The molecule has 140 valence electrons. The molecule has 1 aromatic heterocycles. The molecular weight excluding hydrogens is 438 g/mol. The first kappa shape index (κ1) is 19.3. The minimum absolute atomic E-state index is 0.0640. The topological polar surface area (TPSA) is 69.7 Å². The number of rotatable bonds is 4. The molecule has 2 heterocycles. The van der Waals surface area contributed by atoms with E-state index in [1.807, 2.05) is 24.4 Å². The Kier molecular flexibility index (Phi) is 6.01. The summed E-state index contributed by atoms with van der Waals surface area (Å²) in [6, 6.07) is 10.4. The average molecular weight is 458 g/mol. The summed E-state index contributed by atoms with van der Waals surface area (Å²) in [4.78, 5) is 15.4. The van der Waals surface area contributed by atoms with Crippen molar-refractivity contribution in [3.63, 3.8) is 0 Å². The lowest BCUT2D eigenvalue weighted by molar-refractivity contribution is 0.169. The second-order valence-corrected chi connectivity index (χ2v) is 9.87. The number of carbonyl (C=O) groups is 1. The molecule has 1 fully saturated rings. The van der Waals surface area contributed by atoms with Gasteiger partial charge in [0.15, 0.2) is 0 Å². The molecule has 0 bridgehead atoms. The lowest BCUT2D eigenvalue weighted by Crippen LogP contribution is -2.53. The highest BCUT2D eigenvalue weighted by Crippen LogP contribution is 2.22. The van der Waals surface area contributed by atoms with Crippen LogP contribution in [0.25, 0.3) is 0 Å². The second kappa shape index (κ2) is 8.08. The molecule has 1 N–H and O–H groups in total. The number of urea groups is 1. The third-order valence-corrected chi connectivity index (χ3v) is 7.71. The van der Waals surface area contributed by atoms with Crippen molar-refractivity contribution in [1.82, 2.24) is 14.5 Å². The fraction of sp³-hybridized carbons (Fsp3) is 0.353. The Morgan fingerprint density at radius 2 is 1.92 bits per heavy atom. The Morgan fingerprint density at radius 3 is 2.54 bits per heavy atom. The summed E-state index contributed by atoms with van der Waals surface area (Å²) in [5.41, 5.74) is 0. The van der Waals surface area contributed by atoms with Crippen molar-refractivity contribution < 1.29 is 13.2 Å². The Hall–Kier alpha value is -1.42. The minimum atomic E-state index is -3.55. The SMILES string of the molecule is C[C@H](NC(=O)N1CCN(S(=O)(=O)c2cccc(Br)c2)CC1)c1cccs1. The van der Waals surface area contributed by atoms with Crippen LogP contribution in [0, 0.1) is 0 Å². The van der Waals surface area contributed by atoms with Crippen LogP contribution in [0.4, 0.5) is 4.79 Å². The van der Waals surface area contributed by atoms with Gasteiger partial charge in [0.2, 0.25) is 10.0 Å². The normalized spacial score (nSPS) is 17.1. The molecule has 2 aromatic rings. The van der Waals surface area contributed by atoms with Crippen LogP contribution >= 0.6 is 27.3 Å². The smallest absolute Gasteiger partial charge is 0.317 e. The number of hydrogen-bond acceptors (Lipinski definition) is 4. The Bertz CT molecular complexity index is 863. The number of carbonyl (C=O) groups excluding carboxylic acids is 1. The van der Waals surface area contributed by atoms with E-state index < -0.39 is 10.0 Å². The molecule has 2 amide bonds. The number of amides is 2. The molecule has 6 nitrogen and oxygen atoms in total. The van der Waals surface area contributed by atoms with E-state index in [1.165, 1.54) is 4.31 Å². The van der Waals surface area contributed by atoms with Crippen molar-refractivity contribution >= 4 is 43.3 Å². The van der Waals surface area contributed by atoms with Crippen molar-refractivity contribution in [3.8, 4) is 0 Å². The van der Waals surface area contributed by atoms with Crippen LogP contribution in [0.5, 0.6) is 0 Å². The third-order valence-electron chi connectivity index (χ3n) is 4.27. The molecule has 0 aliphatic carbocycles. The van der Waals surface area contributed by atoms with Gasteiger partial charge < -0.3 is 10.2 Å². The Labute approximate surface area is 166 Å². The predicted molar refractivity (Wildman–Crippen MR) is 106 cm³/mol. The fourth-order valence-corrected chi connectivity index (χ4v) is 5.55. The molecule has 26 heavy (non-hydrogen) atoms. The third kappa shape index (κ3) is 4.28. The van der Waals surface area contributed by atoms with E-state index in [-0.39, 0.29) is 30.1 Å². The van der Waals surface area contributed by atoms with Crippen molar-refractivity contribution in [2.75, 3.05) is 26.2 Å². The van der Waals surface area contributed by atoms with E-state index in [0.29, 0.717) is 13.1 Å². The lowest BCUT2D eigenvalue weighted by Gasteiger charge is -2.34. The van der Waals surface area contributed by atoms with Gasteiger partial charge in [0.1, 0.15) is 0 Å². The summed E-state index contributed by atoms with van der Waals surface area (Å²) in [6.45, 7) is 3.26. The summed E-state index contributed by atoms with van der Waals surface area (Å²) in [5, 5.41) is 4.94. The maximum absolute atomic E-state index is 12.7. The summed E-state index contributed by atoms with van der Waals surface area (Å²) in [5.74, 6) is 0. The monoisotopic (exact) mass is 457 g/mol. The van der Waals surface area contributed by atoms with Gasteiger partial charge in [-0.25, -0.2) is 13.2 Å². The molecule has 9 heteroatoms. The average Bonchev–Trinajstić information content (AvgIpc) is 3.16. The van der Waals surface area contributed by atoms with Crippen molar-refractivity contribution in [1.29, 1.82) is 0 Å². The van der Waals surface area contributed by atoms with Crippen LogP contribution in [-0.4, -0.2) is 49.8 Å². The van der Waals surface area contributed by atoms with E-state index in [2.05, 4.69) is 21.2 Å². The maximum atomic E-state index is 12.7. The molecule has 0 saturated carbocycles. The largest absolute Gasteiger partial charge is 0.331 e. The van der Waals surface area contributed by atoms with Crippen LogP contribution in [-0.2, 0) is 10.0 Å². The highest BCUT2D eigenvalue weighted by Gasteiger charge is 2.30. The van der Waals surface area contributed by atoms with E-state index in [1.54, 1.807) is 40.5 Å². The number of hydrogen-bond donors (Lipinski definition) is 1. The van der Waals surface area contributed by atoms with E-state index in [0.717, 1.165) is 9.35 Å². The van der Waals surface area contributed by atoms with Crippen LogP contribution in [0.2, 0.25) is 0 Å². The van der Waals surface area contributed by atoms with Gasteiger partial charge in [0.25, 0.3) is 0 Å². The summed E-state index contributed by atoms with van der Waals surface area (Å²) < 4.78 is 27.6. The number of piperazine rings is 1. The van der Waals surface area contributed by atoms with Crippen molar-refractivity contribution in [3.05, 3.63) is 51.1 Å². The summed E-state index contributed by atoms with van der Waals surface area (Å²) in [6.07, 6.45) is 0. The molecule has 1 aliphatic heterocycles. The highest BCUT2D eigenvalue weighted by atomic mass is 79.9. The first-order valence-electron chi connectivity index (χ1n) is 8.22. The number of benzene rings is 1. The van der Waals surface area contributed by atoms with Crippen molar-refractivity contribution in [2.24, 2.45) is 0 Å². The quantitative estimate of drug-likeness (QED) is 0.765. The number of nitrogens with zero attached hydrogens (tertiary/aromatic N) is 2. The Balaban J connectivity index is 1.59. The second-order valence-electron chi connectivity index (χ2n) is 6.04. The number of thiophene rings is 1. The van der Waals surface area contributed by atoms with E-state index in [9.17, 15) is 13.2 Å². The van der Waals surface area contributed by atoms with E-state index in [4.69, 9.17) is 0 Å². The van der Waals surface area contributed by atoms with Gasteiger partial charge >= 0.3 is 6.03 Å². The molecule has 1 aliphatic rings. The van der Waals surface area contributed by atoms with Gasteiger partial charge in [-0.2, -0.15) is 4.31 Å². The Morgan fingerprint density at radius 1 is 1.19 bits per heavy atom. The zero-order chi connectivity index (χ0) is 18.7. The standard InChI is InChI=1S/C17H20BrN3O3S2/c1-13(16-6-3-11-25-16)19-17(22)20-7-9-21(10-8-20)26(23,24)15-5-2-4-14(18)12-15/h2-6,11-13H,7-10H2,1H3,(H,19,22)/t13-/m0/s1. The minimum Gasteiger partial charge on any atom is -0.331 e. The molecule has 3 rings (SSSR count). The number of sulfonamides is 1. The molecule has 0 unspecified atom stereocenters. The van der Waals surface area contributed by atoms with Gasteiger partial charge in [-0.3, -0.25) is 0 Å². The van der Waals surface area contributed by atoms with Gasteiger partial charge in [0, 0.05) is 35.5 Å². The molecule has 1 saturated heterocycles. The van der Waals surface area contributed by atoms with Gasteiger partial charge in [-0.05, 0) is 36.6 Å². The number of halogens is 1. The number of nitrogens with one attached hydrogen (secondary N) is 1. The molecule has 0 radical (unpaired) electrons. The van der Waals surface area contributed by atoms with Crippen LogP contribution < -0.4 is 5.32 Å². The van der Waals surface area contributed by atoms with Crippen LogP contribution in [0.3, 0.4) is 0 Å². The van der Waals surface area contributed by atoms with Crippen LogP contribution in [0.15, 0.2) is 51.1 Å². The molecular formula is C17H20BrN3O3S2. The van der Waals surface area contributed by atoms with E-state index >= 15 is 0 Å². The van der Waals surface area contributed by atoms with Gasteiger partial charge in [-0.15, -0.1) is 11.3 Å². The predicted octanol–water partition coefficient (Wildman–Crippen LogP) is 3.29. The fourth-order valence-electron chi connectivity index (χ4n) is 2.79. The zero-order valence-electron chi connectivity index (χ0n) is 14.3. The summed E-state index contributed by atoms with van der Waals surface area (Å²) in [7, 11) is -3.55. The van der Waals surface area contributed by atoms with Gasteiger partial charge in [-0.1, -0.05) is 28.1 Å². The maximum Gasteiger partial charge on any atom is 0.317 e. The molecule has 0 spiro atoms. The zero-order valence-corrected chi connectivity index (χ0v) is 17.5. The highest BCUT2D eigenvalue weighted by molar-refractivity contribution is 9.10. The first-order valence-corrected chi connectivity index (χ1v) is 11.3. The summed E-state index contributed by atoms with van der Waals surface area (Å²) >= 11 is 4.90.